The van der Waals surface area contributed by atoms with E-state index < -0.39 is 0 Å². The van der Waals surface area contributed by atoms with E-state index in [9.17, 15) is 4.79 Å². The fourth-order valence-corrected chi connectivity index (χ4v) is 1.87. The summed E-state index contributed by atoms with van der Waals surface area (Å²) in [4.78, 5) is 11.2. The first-order valence-electron chi connectivity index (χ1n) is 4.58. The SMILES string of the molecule is CCOC(=O)C=C([O][Tl])c1ccccc1. The Kier molecular flexibility index (Phi) is 5.38. The van der Waals surface area contributed by atoms with Crippen LogP contribution in [0.5, 0.6) is 0 Å². The van der Waals surface area contributed by atoms with E-state index in [1.807, 2.05) is 30.3 Å². The molecule has 1 aromatic carbocycles. The first-order valence-corrected chi connectivity index (χ1v) is 6.41. The molecule has 0 aromatic heterocycles. The van der Waals surface area contributed by atoms with E-state index in [4.69, 9.17) is 7.42 Å². The van der Waals surface area contributed by atoms with Crippen LogP contribution in [0.4, 0.5) is 0 Å². The van der Waals surface area contributed by atoms with Gasteiger partial charge in [0.25, 0.3) is 0 Å². The minimum atomic E-state index is -0.364. The molecule has 0 aliphatic rings. The molecule has 0 bridgehead atoms. The Morgan fingerprint density at radius 2 is 2.07 bits per heavy atom. The number of carbonyl (C=O) groups excluding carboxylic acids is 1. The summed E-state index contributed by atoms with van der Waals surface area (Å²) in [5, 5.41) is 0. The Morgan fingerprint density at radius 1 is 1.40 bits per heavy atom. The van der Waals surface area contributed by atoms with E-state index in [1.165, 1.54) is 6.08 Å². The van der Waals surface area contributed by atoms with Crippen LogP contribution in [-0.4, -0.2) is 38.8 Å². The fraction of sp³-hybridized carbons (Fsp3) is 0.182. The molecule has 0 amide bonds. The van der Waals surface area contributed by atoms with Crippen LogP contribution in [0.15, 0.2) is 36.4 Å². The molecule has 15 heavy (non-hydrogen) atoms. The molecule has 0 unspecified atom stereocenters. The number of ether oxygens (including phenoxy) is 1. The molecule has 0 spiro atoms. The molecule has 1 rings (SSSR count). The Balaban J connectivity index is 2.84. The van der Waals surface area contributed by atoms with Gasteiger partial charge in [0.15, 0.2) is 0 Å². The van der Waals surface area contributed by atoms with Gasteiger partial charge in [0.1, 0.15) is 0 Å². The summed E-state index contributed by atoms with van der Waals surface area (Å²) in [6, 6.07) is 9.51. The van der Waals surface area contributed by atoms with Gasteiger partial charge in [-0.2, -0.15) is 0 Å². The third-order valence-electron chi connectivity index (χ3n) is 1.72. The number of esters is 1. The van der Waals surface area contributed by atoms with Gasteiger partial charge in [-0.3, -0.25) is 0 Å². The van der Waals surface area contributed by atoms with Crippen LogP contribution < -0.4 is 0 Å². The van der Waals surface area contributed by atoms with Crippen molar-refractivity contribution in [3.05, 3.63) is 42.0 Å². The molecule has 0 N–H and O–H groups in total. The van der Waals surface area contributed by atoms with Crippen molar-refractivity contribution in [1.29, 1.82) is 0 Å². The molecular formula is C11H11O3Tl. The van der Waals surface area contributed by atoms with E-state index in [0.717, 1.165) is 5.56 Å². The molecule has 0 saturated carbocycles. The molecular weight excluding hydrogens is 385 g/mol. The van der Waals surface area contributed by atoms with E-state index in [1.54, 1.807) is 6.92 Å². The average molecular weight is 396 g/mol. The van der Waals surface area contributed by atoms with Crippen molar-refractivity contribution in [1.82, 2.24) is 0 Å². The summed E-state index contributed by atoms with van der Waals surface area (Å²) in [6.07, 6.45) is 1.39. The molecule has 4 heteroatoms. The maximum absolute atomic E-state index is 11.2. The van der Waals surface area contributed by atoms with Crippen LogP contribution in [-0.2, 0) is 12.2 Å². The molecule has 0 radical (unpaired) electrons. The summed E-state index contributed by atoms with van der Waals surface area (Å²) < 4.78 is 10.1. The first kappa shape index (κ1) is 12.2. The molecule has 0 atom stereocenters. The number of rotatable bonds is 4. The quantitative estimate of drug-likeness (QED) is 0.337. The fourth-order valence-electron chi connectivity index (χ4n) is 1.08. The zero-order valence-corrected chi connectivity index (χ0v) is 13.0. The van der Waals surface area contributed by atoms with Crippen molar-refractivity contribution in [2.45, 2.75) is 6.92 Å². The maximum atomic E-state index is 11.2. The topological polar surface area (TPSA) is 35.5 Å². The second-order valence-electron chi connectivity index (χ2n) is 2.74. The van der Waals surface area contributed by atoms with E-state index >= 15 is 0 Å². The van der Waals surface area contributed by atoms with Crippen molar-refractivity contribution < 1.29 is 12.2 Å². The molecule has 0 fully saturated rings. The minimum absolute atomic E-state index is 0.343. The van der Waals surface area contributed by atoms with Crippen molar-refractivity contribution >= 4 is 37.9 Å². The van der Waals surface area contributed by atoms with Crippen molar-refractivity contribution in [3.63, 3.8) is 0 Å². The summed E-state index contributed by atoms with van der Waals surface area (Å²) >= 11 is 0.343. The number of hydrogen-bond acceptors (Lipinski definition) is 3. The van der Waals surface area contributed by atoms with E-state index in [0.29, 0.717) is 38.6 Å². The molecule has 1 aromatic rings. The van der Waals surface area contributed by atoms with Crippen LogP contribution in [0.25, 0.3) is 5.76 Å². The molecule has 0 aliphatic heterocycles. The van der Waals surface area contributed by atoms with Crippen LogP contribution in [0.2, 0.25) is 0 Å². The molecule has 0 aliphatic carbocycles. The first-order chi connectivity index (χ1) is 7.27. The molecule has 3 nitrogen and oxygen atoms in total. The molecule has 76 valence electrons. The normalized spacial score (nSPS) is 10.8. The summed E-state index contributed by atoms with van der Waals surface area (Å²) in [5.41, 5.74) is 0.896. The van der Waals surface area contributed by atoms with Gasteiger partial charge >= 0.3 is 106 Å². The van der Waals surface area contributed by atoms with Gasteiger partial charge in [0.05, 0.1) is 0 Å². The monoisotopic (exact) mass is 396 g/mol. The number of hydrogen-bond donors (Lipinski definition) is 0. The van der Waals surface area contributed by atoms with Gasteiger partial charge < -0.3 is 0 Å². The van der Waals surface area contributed by atoms with Gasteiger partial charge in [-0.25, -0.2) is 0 Å². The van der Waals surface area contributed by atoms with Gasteiger partial charge in [-0.05, 0) is 0 Å². The summed E-state index contributed by atoms with van der Waals surface area (Å²) in [5.74, 6) is 0.219. The second-order valence-corrected chi connectivity index (χ2v) is 3.66. The standard InChI is InChI=1S/C11H12O3.Tl/c1-2-14-11(13)8-10(12)9-6-4-3-5-7-9;/h3-8,12H,2H2,1H3;/q;+1/p-1. The zero-order valence-electron chi connectivity index (χ0n) is 8.47. The third-order valence-corrected chi connectivity index (χ3v) is 2.71. The Bertz CT molecular complexity index is 346. The second kappa shape index (κ2) is 6.60. The third kappa shape index (κ3) is 4.03. The van der Waals surface area contributed by atoms with Crippen LogP contribution in [0.3, 0.4) is 0 Å². The zero-order chi connectivity index (χ0) is 11.1. The Hall–Kier alpha value is -0.848. The van der Waals surface area contributed by atoms with Crippen LogP contribution in [0.1, 0.15) is 12.5 Å². The Morgan fingerprint density at radius 3 is 2.60 bits per heavy atom. The predicted molar refractivity (Wildman–Crippen MR) is 57.9 cm³/mol. The number of carbonyl (C=O) groups is 1. The summed E-state index contributed by atoms with van der Waals surface area (Å²) in [6.45, 7) is 2.15. The Labute approximate surface area is 105 Å². The van der Waals surface area contributed by atoms with Crippen molar-refractivity contribution in [2.75, 3.05) is 6.61 Å². The summed E-state index contributed by atoms with van der Waals surface area (Å²) in [7, 11) is 0. The van der Waals surface area contributed by atoms with Gasteiger partial charge in [0, 0.05) is 0 Å². The van der Waals surface area contributed by atoms with Gasteiger partial charge in [-0.15, -0.1) is 0 Å². The van der Waals surface area contributed by atoms with E-state index in [2.05, 4.69) is 0 Å². The van der Waals surface area contributed by atoms with Gasteiger partial charge in [-0.1, -0.05) is 0 Å². The number of benzene rings is 1. The van der Waals surface area contributed by atoms with E-state index in [-0.39, 0.29) is 5.97 Å². The van der Waals surface area contributed by atoms with Crippen molar-refractivity contribution in [3.8, 4) is 0 Å². The molecule has 0 heterocycles. The van der Waals surface area contributed by atoms with Crippen molar-refractivity contribution in [2.24, 2.45) is 0 Å². The average Bonchev–Trinajstić information content (AvgIpc) is 2.27. The predicted octanol–water partition coefficient (Wildman–Crippen LogP) is 1.69. The molecule has 0 saturated heterocycles. The van der Waals surface area contributed by atoms with Crippen LogP contribution >= 0.6 is 0 Å². The van der Waals surface area contributed by atoms with Gasteiger partial charge in [0.2, 0.25) is 0 Å². The van der Waals surface area contributed by atoms with Crippen LogP contribution in [0, 0.1) is 0 Å².